The fourth-order valence-electron chi connectivity index (χ4n) is 4.29. The van der Waals surface area contributed by atoms with Crippen LogP contribution in [0.4, 0.5) is 13.2 Å². The van der Waals surface area contributed by atoms with Crippen LogP contribution in [0.15, 0.2) is 40.9 Å². The molecule has 35 heavy (non-hydrogen) atoms. The minimum Gasteiger partial charge on any atom is -0.349 e. The Balaban J connectivity index is 1.74. The number of nitrogens with zero attached hydrogens (tertiary/aromatic N) is 1. The number of benzene rings is 2. The fourth-order valence-corrected chi connectivity index (χ4v) is 4.86. The zero-order valence-corrected chi connectivity index (χ0v) is 21.9. The summed E-state index contributed by atoms with van der Waals surface area (Å²) in [5.74, 6) is -1.96. The third kappa shape index (κ3) is 6.75. The largest absolute Gasteiger partial charge is 0.399 e. The van der Waals surface area contributed by atoms with E-state index in [0.717, 1.165) is 22.8 Å². The minimum absolute atomic E-state index is 0.0291. The van der Waals surface area contributed by atoms with Crippen molar-refractivity contribution in [2.75, 3.05) is 13.1 Å². The molecule has 0 radical (unpaired) electrons. The standard InChI is InChI=1S/C27H30BrF3N2O2/c1-16-13-21(14-17(2)18(16)3)24(27(29,30)31)8-6-20-5-7-23(25(28)15-20)26(35)32-22-9-11-33(12-10-22)19(4)34/h5-8,13-15,22,24H,9-12H2,1-4H3,(H,32,35)/b8-6+. The third-order valence-electron chi connectivity index (χ3n) is 6.66. The van der Waals surface area contributed by atoms with Crippen molar-refractivity contribution >= 4 is 33.8 Å². The molecule has 0 bridgehead atoms. The molecule has 0 aliphatic carbocycles. The van der Waals surface area contributed by atoms with Crippen LogP contribution in [0.3, 0.4) is 0 Å². The Bertz CT molecular complexity index is 1110. The molecule has 3 rings (SSSR count). The van der Waals surface area contributed by atoms with Gasteiger partial charge in [0.25, 0.3) is 5.91 Å². The summed E-state index contributed by atoms with van der Waals surface area (Å²) >= 11 is 3.39. The average molecular weight is 551 g/mol. The van der Waals surface area contributed by atoms with Crippen molar-refractivity contribution in [1.29, 1.82) is 0 Å². The van der Waals surface area contributed by atoms with Gasteiger partial charge in [-0.25, -0.2) is 0 Å². The fraction of sp³-hybridized carbons (Fsp3) is 0.407. The van der Waals surface area contributed by atoms with Crippen LogP contribution in [0.1, 0.15) is 63.9 Å². The minimum atomic E-state index is -4.43. The Morgan fingerprint density at radius 3 is 2.20 bits per heavy atom. The number of halogens is 4. The molecule has 2 aromatic carbocycles. The van der Waals surface area contributed by atoms with Gasteiger partial charge in [-0.3, -0.25) is 9.59 Å². The van der Waals surface area contributed by atoms with Gasteiger partial charge in [0.15, 0.2) is 0 Å². The zero-order chi connectivity index (χ0) is 25.9. The van der Waals surface area contributed by atoms with Crippen molar-refractivity contribution < 1.29 is 22.8 Å². The highest BCUT2D eigenvalue weighted by Gasteiger charge is 2.39. The molecule has 1 N–H and O–H groups in total. The quantitative estimate of drug-likeness (QED) is 0.463. The van der Waals surface area contributed by atoms with Crippen molar-refractivity contribution in [3.8, 4) is 0 Å². The van der Waals surface area contributed by atoms with Gasteiger partial charge in [-0.2, -0.15) is 13.2 Å². The maximum Gasteiger partial charge on any atom is 0.399 e. The number of hydrogen-bond acceptors (Lipinski definition) is 2. The van der Waals surface area contributed by atoms with Gasteiger partial charge < -0.3 is 10.2 Å². The lowest BCUT2D eigenvalue weighted by molar-refractivity contribution is -0.139. The van der Waals surface area contributed by atoms with E-state index in [9.17, 15) is 22.8 Å². The van der Waals surface area contributed by atoms with E-state index in [-0.39, 0.29) is 23.4 Å². The van der Waals surface area contributed by atoms with Gasteiger partial charge in [0.1, 0.15) is 0 Å². The number of carbonyl (C=O) groups excluding carboxylic acids is 2. The first-order valence-electron chi connectivity index (χ1n) is 11.6. The molecule has 1 saturated heterocycles. The summed E-state index contributed by atoms with van der Waals surface area (Å²) in [7, 11) is 0. The first kappa shape index (κ1) is 27.0. The normalized spacial score (nSPS) is 15.9. The summed E-state index contributed by atoms with van der Waals surface area (Å²) in [6.45, 7) is 8.27. The van der Waals surface area contributed by atoms with Crippen LogP contribution in [0.2, 0.25) is 0 Å². The second kappa shape index (κ2) is 11.0. The molecule has 1 aliphatic rings. The van der Waals surface area contributed by atoms with Gasteiger partial charge in [-0.1, -0.05) is 30.4 Å². The number of aryl methyl sites for hydroxylation is 2. The van der Waals surface area contributed by atoms with E-state index in [0.29, 0.717) is 41.5 Å². The number of nitrogens with one attached hydrogen (secondary N) is 1. The number of allylic oxidation sites excluding steroid dienone is 1. The first-order valence-corrected chi connectivity index (χ1v) is 12.3. The molecule has 1 heterocycles. The highest BCUT2D eigenvalue weighted by atomic mass is 79.9. The predicted molar refractivity (Wildman–Crippen MR) is 135 cm³/mol. The van der Waals surface area contributed by atoms with Crippen molar-refractivity contribution in [2.45, 2.75) is 58.7 Å². The molecule has 1 fully saturated rings. The van der Waals surface area contributed by atoms with Crippen molar-refractivity contribution in [2.24, 2.45) is 0 Å². The SMILES string of the molecule is CC(=O)N1CCC(NC(=O)c2ccc(/C=C/C(c3cc(C)c(C)c(C)c3)C(F)(F)F)cc2Br)CC1. The molecule has 1 aliphatic heterocycles. The molecule has 4 nitrogen and oxygen atoms in total. The molecule has 1 atom stereocenters. The number of carbonyl (C=O) groups is 2. The lowest BCUT2D eigenvalue weighted by atomic mass is 9.91. The van der Waals surface area contributed by atoms with Gasteiger partial charge in [-0.15, -0.1) is 0 Å². The van der Waals surface area contributed by atoms with Gasteiger partial charge in [-0.05, 0) is 89.5 Å². The van der Waals surface area contributed by atoms with Gasteiger partial charge in [0, 0.05) is 30.5 Å². The summed E-state index contributed by atoms with van der Waals surface area (Å²) < 4.78 is 42.1. The van der Waals surface area contributed by atoms with Crippen LogP contribution in [0.5, 0.6) is 0 Å². The highest BCUT2D eigenvalue weighted by molar-refractivity contribution is 9.10. The van der Waals surface area contributed by atoms with Crippen molar-refractivity contribution in [3.05, 3.63) is 74.3 Å². The van der Waals surface area contributed by atoms with E-state index in [2.05, 4.69) is 21.2 Å². The van der Waals surface area contributed by atoms with E-state index < -0.39 is 12.1 Å². The smallest absolute Gasteiger partial charge is 0.349 e. The number of piperidine rings is 1. The van der Waals surface area contributed by atoms with Gasteiger partial charge in [0.05, 0.1) is 11.5 Å². The molecule has 0 spiro atoms. The summed E-state index contributed by atoms with van der Waals surface area (Å²) in [5.41, 5.74) is 3.81. The number of rotatable bonds is 5. The molecule has 2 aromatic rings. The third-order valence-corrected chi connectivity index (χ3v) is 7.31. The summed E-state index contributed by atoms with van der Waals surface area (Å²) in [6, 6.07) is 8.03. The first-order chi connectivity index (χ1) is 16.4. The predicted octanol–water partition coefficient (Wildman–Crippen LogP) is 6.47. The molecule has 188 valence electrons. The Morgan fingerprint density at radius 1 is 1.09 bits per heavy atom. The molecular formula is C27H30BrF3N2O2. The van der Waals surface area contributed by atoms with Crippen molar-refractivity contribution in [1.82, 2.24) is 10.2 Å². The van der Waals surface area contributed by atoms with Crippen LogP contribution in [-0.4, -0.2) is 42.0 Å². The summed E-state index contributed by atoms with van der Waals surface area (Å²) in [5, 5.41) is 2.99. The monoisotopic (exact) mass is 550 g/mol. The summed E-state index contributed by atoms with van der Waals surface area (Å²) in [6.07, 6.45) is -0.471. The van der Waals surface area contributed by atoms with E-state index >= 15 is 0 Å². The van der Waals surface area contributed by atoms with Crippen LogP contribution < -0.4 is 5.32 Å². The van der Waals surface area contributed by atoms with Crippen LogP contribution >= 0.6 is 15.9 Å². The highest BCUT2D eigenvalue weighted by Crippen LogP contribution is 2.38. The number of alkyl halides is 3. The van der Waals surface area contributed by atoms with Crippen LogP contribution in [0, 0.1) is 20.8 Å². The lowest BCUT2D eigenvalue weighted by Gasteiger charge is -2.31. The maximum absolute atomic E-state index is 13.9. The number of hydrogen-bond donors (Lipinski definition) is 1. The molecule has 8 heteroatoms. The van der Waals surface area contributed by atoms with Gasteiger partial charge in [0.2, 0.25) is 5.91 Å². The van der Waals surface area contributed by atoms with E-state index in [1.165, 1.54) is 13.0 Å². The summed E-state index contributed by atoms with van der Waals surface area (Å²) in [4.78, 5) is 26.0. The lowest BCUT2D eigenvalue weighted by Crippen LogP contribution is -2.46. The number of amides is 2. The Morgan fingerprint density at radius 2 is 1.69 bits per heavy atom. The van der Waals surface area contributed by atoms with Crippen molar-refractivity contribution in [3.63, 3.8) is 0 Å². The number of likely N-dealkylation sites (tertiary alicyclic amines) is 1. The van der Waals surface area contributed by atoms with E-state index in [4.69, 9.17) is 0 Å². The van der Waals surface area contributed by atoms with E-state index in [1.807, 2.05) is 20.8 Å². The Hall–Kier alpha value is -2.61. The maximum atomic E-state index is 13.9. The van der Waals surface area contributed by atoms with Gasteiger partial charge >= 0.3 is 6.18 Å². The molecule has 0 aromatic heterocycles. The second-order valence-electron chi connectivity index (χ2n) is 9.15. The molecule has 2 amide bonds. The topological polar surface area (TPSA) is 49.4 Å². The molecular weight excluding hydrogens is 521 g/mol. The second-order valence-corrected chi connectivity index (χ2v) is 10.0. The molecule has 0 saturated carbocycles. The molecule has 1 unspecified atom stereocenters. The van der Waals surface area contributed by atoms with Crippen LogP contribution in [0.25, 0.3) is 6.08 Å². The Kier molecular flexibility index (Phi) is 8.46. The Labute approximate surface area is 212 Å². The average Bonchev–Trinajstić information content (AvgIpc) is 2.77. The zero-order valence-electron chi connectivity index (χ0n) is 20.3. The van der Waals surface area contributed by atoms with E-state index in [1.54, 1.807) is 35.2 Å². The van der Waals surface area contributed by atoms with Crippen LogP contribution in [-0.2, 0) is 4.79 Å².